The van der Waals surface area contributed by atoms with Crippen molar-refractivity contribution < 1.29 is 35.1 Å². The minimum Gasteiger partial charge on any atom is -0.204 e. The van der Waals surface area contributed by atoms with E-state index in [1.165, 1.54) is 0 Å². The van der Waals surface area contributed by atoms with Crippen molar-refractivity contribution in [1.82, 2.24) is 0 Å². The van der Waals surface area contributed by atoms with Crippen molar-refractivity contribution in [1.29, 1.82) is 0 Å². The van der Waals surface area contributed by atoms with Gasteiger partial charge in [0.25, 0.3) is 0 Å². The Balaban J connectivity index is 2.60. The largest absolute Gasteiger partial charge is 0.204 e. The second-order valence-corrected chi connectivity index (χ2v) is 4.10. The van der Waals surface area contributed by atoms with Gasteiger partial charge in [-0.15, -0.1) is 0 Å². The molecule has 0 spiro atoms. The summed E-state index contributed by atoms with van der Waals surface area (Å²) in [6.07, 6.45) is 0.522. The van der Waals surface area contributed by atoms with Crippen molar-refractivity contribution in [3.8, 4) is 0 Å². The van der Waals surface area contributed by atoms with Crippen LogP contribution in [0.15, 0.2) is 12.1 Å². The fourth-order valence-corrected chi connectivity index (χ4v) is 1.64. The average Bonchev–Trinajstić information content (AvgIpc) is 2.46. The molecule has 0 saturated heterocycles. The Hall–Kier alpha value is -2.38. The Labute approximate surface area is 118 Å². The summed E-state index contributed by atoms with van der Waals surface area (Å²) in [6, 6.07) is -0.129. The fourth-order valence-electron chi connectivity index (χ4n) is 1.64. The molecule has 2 aromatic rings. The van der Waals surface area contributed by atoms with Crippen molar-refractivity contribution >= 4 is 12.2 Å². The van der Waals surface area contributed by atoms with Gasteiger partial charge in [0.1, 0.15) is 0 Å². The third kappa shape index (κ3) is 2.68. The number of hydrogen-bond donors (Lipinski definition) is 0. The van der Waals surface area contributed by atoms with Crippen LogP contribution in [-0.2, 0) is 0 Å². The van der Waals surface area contributed by atoms with Gasteiger partial charge >= 0.3 is 0 Å². The van der Waals surface area contributed by atoms with E-state index < -0.39 is 57.7 Å². The van der Waals surface area contributed by atoms with Crippen molar-refractivity contribution in [3.05, 3.63) is 69.8 Å². The average molecular weight is 324 g/mol. The normalized spacial score (nSPS) is 11.5. The Kier molecular flexibility index (Phi) is 4.20. The van der Waals surface area contributed by atoms with Gasteiger partial charge in [0.05, 0.1) is 11.1 Å². The van der Waals surface area contributed by atoms with Crippen LogP contribution in [0.1, 0.15) is 11.1 Å². The molecule has 0 aliphatic rings. The Morgan fingerprint density at radius 3 is 0.909 bits per heavy atom. The van der Waals surface area contributed by atoms with Crippen LogP contribution in [0.25, 0.3) is 12.2 Å². The monoisotopic (exact) mass is 324 g/mol. The summed E-state index contributed by atoms with van der Waals surface area (Å²) in [4.78, 5) is 0. The highest BCUT2D eigenvalue weighted by Crippen LogP contribution is 2.24. The second kappa shape index (κ2) is 5.78. The van der Waals surface area contributed by atoms with Gasteiger partial charge in [0, 0.05) is 12.1 Å². The zero-order valence-electron chi connectivity index (χ0n) is 10.3. The summed E-state index contributed by atoms with van der Waals surface area (Å²) in [5.74, 6) is -14.3. The third-order valence-corrected chi connectivity index (χ3v) is 2.71. The lowest BCUT2D eigenvalue weighted by Gasteiger charge is -2.04. The van der Waals surface area contributed by atoms with Gasteiger partial charge in [0.2, 0.25) is 0 Å². The maximum Gasteiger partial charge on any atom is 0.169 e. The van der Waals surface area contributed by atoms with Crippen LogP contribution in [0.2, 0.25) is 0 Å². The van der Waals surface area contributed by atoms with Crippen molar-refractivity contribution in [3.63, 3.8) is 0 Å². The zero-order valence-corrected chi connectivity index (χ0v) is 10.3. The number of halogens is 8. The van der Waals surface area contributed by atoms with E-state index in [1.807, 2.05) is 0 Å². The zero-order chi connectivity index (χ0) is 16.6. The number of benzene rings is 2. The Morgan fingerprint density at radius 2 is 0.682 bits per heavy atom. The van der Waals surface area contributed by atoms with Crippen molar-refractivity contribution in [2.24, 2.45) is 0 Å². The molecule has 0 radical (unpaired) electrons. The first-order valence-electron chi connectivity index (χ1n) is 5.58. The van der Waals surface area contributed by atoms with Gasteiger partial charge < -0.3 is 0 Å². The highest BCUT2D eigenvalue weighted by atomic mass is 19.2. The molecule has 2 aromatic carbocycles. The molecule has 0 nitrogen and oxygen atoms in total. The lowest BCUT2D eigenvalue weighted by Crippen LogP contribution is -2.00. The first-order chi connectivity index (χ1) is 10.2. The van der Waals surface area contributed by atoms with E-state index >= 15 is 0 Å². The predicted octanol–water partition coefficient (Wildman–Crippen LogP) is 4.97. The molecule has 0 heterocycles. The smallest absolute Gasteiger partial charge is 0.169 e. The summed E-state index contributed by atoms with van der Waals surface area (Å²) in [7, 11) is 0. The van der Waals surface area contributed by atoms with Crippen LogP contribution >= 0.6 is 0 Å². The molecule has 22 heavy (non-hydrogen) atoms. The lowest BCUT2D eigenvalue weighted by atomic mass is 10.1. The molecule has 0 saturated carbocycles. The van der Waals surface area contributed by atoms with E-state index in [9.17, 15) is 35.1 Å². The van der Waals surface area contributed by atoms with E-state index in [1.54, 1.807) is 0 Å². The predicted molar refractivity (Wildman–Crippen MR) is 61.5 cm³/mol. The van der Waals surface area contributed by atoms with Crippen LogP contribution in [0, 0.1) is 46.5 Å². The summed E-state index contributed by atoms with van der Waals surface area (Å²) < 4.78 is 105. The lowest BCUT2D eigenvalue weighted by molar-refractivity contribution is 0.450. The molecule has 0 bridgehead atoms. The van der Waals surface area contributed by atoms with Crippen LogP contribution in [0.3, 0.4) is 0 Å². The van der Waals surface area contributed by atoms with Gasteiger partial charge in [-0.1, -0.05) is 0 Å². The van der Waals surface area contributed by atoms with Gasteiger partial charge in [0.15, 0.2) is 46.5 Å². The summed E-state index contributed by atoms with van der Waals surface area (Å²) in [5.41, 5.74) is -2.58. The Bertz CT molecular complexity index is 661. The van der Waals surface area contributed by atoms with E-state index in [0.29, 0.717) is 0 Å². The molecule has 0 amide bonds. The number of hydrogen-bond acceptors (Lipinski definition) is 0. The minimum atomic E-state index is -1.83. The summed E-state index contributed by atoms with van der Waals surface area (Å²) >= 11 is 0. The molecular formula is C14H4F8. The fraction of sp³-hybridized carbons (Fsp3) is 0. The topological polar surface area (TPSA) is 0 Å². The maximum atomic E-state index is 13.3. The standard InChI is InChI=1S/C14H4F8/c15-7-3-8(16)12(20)5(11(7)19)1-2-6-13(21)9(17)4-10(18)14(6)22/h1-4H/b2-1+. The molecule has 0 fully saturated rings. The molecule has 0 N–H and O–H groups in total. The highest BCUT2D eigenvalue weighted by molar-refractivity contribution is 5.71. The minimum absolute atomic E-state index is 0.0645. The van der Waals surface area contributed by atoms with E-state index in [-0.39, 0.29) is 24.3 Å². The Morgan fingerprint density at radius 1 is 0.455 bits per heavy atom. The molecular weight excluding hydrogens is 320 g/mol. The first-order valence-corrected chi connectivity index (χ1v) is 5.58. The second-order valence-electron chi connectivity index (χ2n) is 4.10. The highest BCUT2D eigenvalue weighted by Gasteiger charge is 2.19. The summed E-state index contributed by atoms with van der Waals surface area (Å²) in [6.45, 7) is 0. The van der Waals surface area contributed by atoms with Crippen LogP contribution in [-0.4, -0.2) is 0 Å². The first kappa shape index (κ1) is 16.0. The maximum absolute atomic E-state index is 13.3. The molecule has 0 unspecified atom stereocenters. The molecule has 2 rings (SSSR count). The molecule has 0 aromatic heterocycles. The van der Waals surface area contributed by atoms with Crippen LogP contribution in [0.5, 0.6) is 0 Å². The SMILES string of the molecule is Fc1cc(F)c(F)c(/C=C/c2c(F)c(F)cc(F)c2F)c1F. The van der Waals surface area contributed by atoms with Crippen molar-refractivity contribution in [2.75, 3.05) is 0 Å². The van der Waals surface area contributed by atoms with Gasteiger partial charge in [-0.3, -0.25) is 0 Å². The van der Waals surface area contributed by atoms with E-state index in [4.69, 9.17) is 0 Å². The van der Waals surface area contributed by atoms with E-state index in [0.717, 1.165) is 0 Å². The van der Waals surface area contributed by atoms with Crippen LogP contribution < -0.4 is 0 Å². The molecule has 8 heteroatoms. The van der Waals surface area contributed by atoms with Crippen LogP contribution in [0.4, 0.5) is 35.1 Å². The molecule has 0 aliphatic heterocycles. The molecule has 0 aliphatic carbocycles. The molecule has 116 valence electrons. The molecule has 0 atom stereocenters. The van der Waals surface area contributed by atoms with E-state index in [2.05, 4.69) is 0 Å². The van der Waals surface area contributed by atoms with Crippen molar-refractivity contribution in [2.45, 2.75) is 0 Å². The van der Waals surface area contributed by atoms with Gasteiger partial charge in [-0.25, -0.2) is 35.1 Å². The van der Waals surface area contributed by atoms with Gasteiger partial charge in [-0.2, -0.15) is 0 Å². The summed E-state index contributed by atoms with van der Waals surface area (Å²) in [5, 5.41) is 0. The number of rotatable bonds is 2. The quantitative estimate of drug-likeness (QED) is 0.416. The third-order valence-electron chi connectivity index (χ3n) is 2.71. The van der Waals surface area contributed by atoms with Gasteiger partial charge in [-0.05, 0) is 12.2 Å².